The van der Waals surface area contributed by atoms with Gasteiger partial charge in [0.15, 0.2) is 5.78 Å². The van der Waals surface area contributed by atoms with Crippen LogP contribution in [0.4, 0.5) is 5.69 Å². The molecule has 2 atom stereocenters. The third kappa shape index (κ3) is 2.72. The zero-order chi connectivity index (χ0) is 18.6. The van der Waals surface area contributed by atoms with Gasteiger partial charge in [0.25, 0.3) is 0 Å². The number of fused-ring (bicyclic) bond motifs is 4. The molecule has 3 nitrogen and oxygen atoms in total. The number of nitrogens with zero attached hydrogens (tertiary/aromatic N) is 1. The average Bonchev–Trinajstić information content (AvgIpc) is 2.66. The molecule has 0 fully saturated rings. The van der Waals surface area contributed by atoms with Gasteiger partial charge in [0.05, 0.1) is 11.6 Å². The molecule has 2 aliphatic carbocycles. The molecule has 0 amide bonds. The molecule has 0 bridgehead atoms. The summed E-state index contributed by atoms with van der Waals surface area (Å²) >= 11 is 0. The second-order valence-corrected chi connectivity index (χ2v) is 9.06. The van der Waals surface area contributed by atoms with Crippen molar-refractivity contribution in [1.82, 2.24) is 4.98 Å². The van der Waals surface area contributed by atoms with Crippen molar-refractivity contribution in [2.24, 2.45) is 11.3 Å². The molecule has 0 spiro atoms. The Labute approximate surface area is 160 Å². The fraction of sp³-hybridized carbons (Fsp3) is 0.417. The summed E-state index contributed by atoms with van der Waals surface area (Å²) in [5.74, 6) is 0.822. The van der Waals surface area contributed by atoms with Crippen LogP contribution in [-0.4, -0.2) is 16.8 Å². The van der Waals surface area contributed by atoms with Crippen LogP contribution in [0.3, 0.4) is 0 Å². The number of allylic oxidation sites excluding steroid dienone is 3. The summed E-state index contributed by atoms with van der Waals surface area (Å²) in [6, 6.07) is 8.53. The summed E-state index contributed by atoms with van der Waals surface area (Å²) in [7, 11) is 0. The lowest BCUT2D eigenvalue weighted by Gasteiger charge is -2.42. The monoisotopic (exact) mass is 358 g/mol. The van der Waals surface area contributed by atoms with Crippen LogP contribution in [0, 0.1) is 11.3 Å². The minimum atomic E-state index is 0.00587. The fourth-order valence-electron chi connectivity index (χ4n) is 5.23. The summed E-state index contributed by atoms with van der Waals surface area (Å²) in [5, 5.41) is 4.93. The third-order valence-electron chi connectivity index (χ3n) is 6.41. The lowest BCUT2D eigenvalue weighted by Crippen LogP contribution is -2.41. The maximum absolute atomic E-state index is 13.3. The highest BCUT2D eigenvalue weighted by atomic mass is 16.1. The normalized spacial score (nSPS) is 26.5. The molecule has 0 saturated carbocycles. The highest BCUT2D eigenvalue weighted by Crippen LogP contribution is 2.50. The first-order valence-electron chi connectivity index (χ1n) is 10.1. The van der Waals surface area contributed by atoms with E-state index in [1.54, 1.807) is 0 Å². The second-order valence-electron chi connectivity index (χ2n) is 9.06. The number of pyridine rings is 1. The van der Waals surface area contributed by atoms with E-state index in [0.717, 1.165) is 42.2 Å². The van der Waals surface area contributed by atoms with Crippen LogP contribution in [0.25, 0.3) is 16.5 Å². The molecule has 0 radical (unpaired) electrons. The zero-order valence-corrected chi connectivity index (χ0v) is 16.1. The van der Waals surface area contributed by atoms with Crippen LogP contribution < -0.4 is 5.32 Å². The van der Waals surface area contributed by atoms with E-state index in [9.17, 15) is 4.79 Å². The second kappa shape index (κ2) is 6.05. The van der Waals surface area contributed by atoms with Crippen LogP contribution in [0.1, 0.15) is 51.5 Å². The van der Waals surface area contributed by atoms with Crippen LogP contribution in [0.2, 0.25) is 0 Å². The highest BCUT2D eigenvalue weighted by molar-refractivity contribution is 6.12. The van der Waals surface area contributed by atoms with Crippen molar-refractivity contribution in [3.8, 4) is 0 Å². The van der Waals surface area contributed by atoms with Gasteiger partial charge in [-0.2, -0.15) is 0 Å². The Hall–Kier alpha value is -2.42. The number of hydrogen-bond acceptors (Lipinski definition) is 3. The zero-order valence-electron chi connectivity index (χ0n) is 16.1. The first-order valence-corrected chi connectivity index (χ1v) is 10.1. The predicted octanol–water partition coefficient (Wildman–Crippen LogP) is 5.53. The van der Waals surface area contributed by atoms with E-state index in [1.807, 2.05) is 12.3 Å². The number of Topliss-reactive ketones (excluding diaryl/α,β-unsaturated/α-hetero) is 1. The molecule has 1 aromatic carbocycles. The van der Waals surface area contributed by atoms with Gasteiger partial charge in [0.1, 0.15) is 0 Å². The van der Waals surface area contributed by atoms with Crippen molar-refractivity contribution in [3.05, 3.63) is 53.8 Å². The lowest BCUT2D eigenvalue weighted by atomic mass is 9.66. The summed E-state index contributed by atoms with van der Waals surface area (Å²) in [4.78, 5) is 17.9. The van der Waals surface area contributed by atoms with E-state index in [4.69, 9.17) is 0 Å². The van der Waals surface area contributed by atoms with E-state index in [0.29, 0.717) is 18.1 Å². The Bertz CT molecular complexity index is 999. The van der Waals surface area contributed by atoms with Gasteiger partial charge in [0.2, 0.25) is 0 Å². The van der Waals surface area contributed by atoms with Gasteiger partial charge in [-0.15, -0.1) is 0 Å². The van der Waals surface area contributed by atoms with Gasteiger partial charge < -0.3 is 5.32 Å². The van der Waals surface area contributed by atoms with Gasteiger partial charge in [-0.1, -0.05) is 32.1 Å². The largest absolute Gasteiger partial charge is 0.377 e. The lowest BCUT2D eigenvalue weighted by molar-refractivity contribution is -0.118. The topological polar surface area (TPSA) is 42.0 Å². The Morgan fingerprint density at radius 1 is 1.15 bits per heavy atom. The molecule has 27 heavy (non-hydrogen) atoms. The van der Waals surface area contributed by atoms with E-state index in [2.05, 4.69) is 54.5 Å². The van der Waals surface area contributed by atoms with Crippen LogP contribution in [0.5, 0.6) is 0 Å². The van der Waals surface area contributed by atoms with E-state index >= 15 is 0 Å². The van der Waals surface area contributed by atoms with Gasteiger partial charge in [-0.05, 0) is 60.8 Å². The molecule has 5 rings (SSSR count). The van der Waals surface area contributed by atoms with Crippen molar-refractivity contribution < 1.29 is 4.79 Å². The number of aromatic nitrogens is 1. The standard InChI is InChI=1S/C24H26N2O/c1-24(2)13-17-21-16-9-6-12-25-18(16)10-11-19(21)26-23(22(17)20(27)14-24)15-7-4-3-5-8-15/h3-4,6,9-12,15,23,26H,5,7-8,13-14H2,1-2H3/t15-,23-/m0/s1. The smallest absolute Gasteiger partial charge is 0.161 e. The number of carbonyl (C=O) groups is 1. The SMILES string of the molecule is CC1(C)CC(=O)C2=C(C1)c1c(ccc3ncccc13)N[C@H]2[C@H]1CC=CCC1. The van der Waals surface area contributed by atoms with Crippen molar-refractivity contribution in [2.45, 2.75) is 52.0 Å². The minimum Gasteiger partial charge on any atom is -0.377 e. The number of rotatable bonds is 1. The molecule has 3 heteroatoms. The first-order chi connectivity index (χ1) is 13.0. The van der Waals surface area contributed by atoms with E-state index < -0.39 is 0 Å². The number of hydrogen-bond donors (Lipinski definition) is 1. The molecule has 3 aliphatic rings. The molecular weight excluding hydrogens is 332 g/mol. The van der Waals surface area contributed by atoms with Gasteiger partial charge in [0, 0.05) is 34.8 Å². The summed E-state index contributed by atoms with van der Waals surface area (Å²) in [5.41, 5.74) is 5.70. The van der Waals surface area contributed by atoms with E-state index in [-0.39, 0.29) is 11.5 Å². The molecule has 2 heterocycles. The number of carbonyl (C=O) groups excluding carboxylic acids is 1. The summed E-state index contributed by atoms with van der Waals surface area (Å²) in [6.07, 6.45) is 11.3. The van der Waals surface area contributed by atoms with Crippen molar-refractivity contribution >= 4 is 27.9 Å². The molecular formula is C24H26N2O. The molecule has 1 aromatic heterocycles. The Morgan fingerprint density at radius 2 is 2.04 bits per heavy atom. The summed E-state index contributed by atoms with van der Waals surface area (Å²) in [6.45, 7) is 4.44. The molecule has 0 unspecified atom stereocenters. The third-order valence-corrected chi connectivity index (χ3v) is 6.41. The van der Waals surface area contributed by atoms with Crippen molar-refractivity contribution in [3.63, 3.8) is 0 Å². The minimum absolute atomic E-state index is 0.00587. The van der Waals surface area contributed by atoms with Crippen molar-refractivity contribution in [1.29, 1.82) is 0 Å². The molecule has 138 valence electrons. The number of anilines is 1. The van der Waals surface area contributed by atoms with Crippen LogP contribution in [-0.2, 0) is 4.79 Å². The Balaban J connectivity index is 1.75. The van der Waals surface area contributed by atoms with Gasteiger partial charge in [-0.3, -0.25) is 9.78 Å². The number of nitrogens with one attached hydrogen (secondary N) is 1. The Kier molecular flexibility index (Phi) is 3.75. The summed E-state index contributed by atoms with van der Waals surface area (Å²) < 4.78 is 0. The molecule has 2 aromatic rings. The Morgan fingerprint density at radius 3 is 2.85 bits per heavy atom. The van der Waals surface area contributed by atoms with Crippen LogP contribution >= 0.6 is 0 Å². The molecule has 1 N–H and O–H groups in total. The molecule has 0 saturated heterocycles. The molecule has 1 aliphatic heterocycles. The number of benzene rings is 1. The first kappa shape index (κ1) is 16.7. The quantitative estimate of drug-likeness (QED) is 0.682. The fourth-order valence-corrected chi connectivity index (χ4v) is 5.23. The van der Waals surface area contributed by atoms with E-state index in [1.165, 1.54) is 16.8 Å². The maximum Gasteiger partial charge on any atom is 0.161 e. The van der Waals surface area contributed by atoms with Gasteiger partial charge >= 0.3 is 0 Å². The predicted molar refractivity (Wildman–Crippen MR) is 111 cm³/mol. The van der Waals surface area contributed by atoms with Gasteiger partial charge in [-0.25, -0.2) is 0 Å². The maximum atomic E-state index is 13.3. The number of ketones is 1. The highest BCUT2D eigenvalue weighted by Gasteiger charge is 2.42. The van der Waals surface area contributed by atoms with Crippen LogP contribution in [0.15, 0.2) is 48.2 Å². The average molecular weight is 358 g/mol. The van der Waals surface area contributed by atoms with Crippen molar-refractivity contribution in [2.75, 3.05) is 5.32 Å².